The first-order valence-electron chi connectivity index (χ1n) is 5.96. The molecular formula is C12H19NO4. The zero-order valence-electron chi connectivity index (χ0n) is 10.4. The van der Waals surface area contributed by atoms with Gasteiger partial charge in [0, 0.05) is 5.54 Å². The lowest BCUT2D eigenvalue weighted by Crippen LogP contribution is -2.41. The minimum absolute atomic E-state index is 0.300. The van der Waals surface area contributed by atoms with Crippen molar-refractivity contribution < 1.29 is 19.4 Å². The number of amides is 1. The zero-order chi connectivity index (χ0) is 12.8. The molecule has 96 valence electrons. The number of alkyl carbamates (subject to hydrolysis) is 1. The fourth-order valence-corrected chi connectivity index (χ4v) is 2.71. The van der Waals surface area contributed by atoms with Gasteiger partial charge in [-0.25, -0.2) is 4.79 Å². The molecule has 0 spiro atoms. The van der Waals surface area contributed by atoms with Crippen molar-refractivity contribution in [3.05, 3.63) is 0 Å². The van der Waals surface area contributed by atoms with Crippen LogP contribution in [-0.4, -0.2) is 28.3 Å². The highest BCUT2D eigenvalue weighted by molar-refractivity contribution is 5.73. The Bertz CT molecular complexity index is 360. The summed E-state index contributed by atoms with van der Waals surface area (Å²) >= 11 is 0. The fourth-order valence-electron chi connectivity index (χ4n) is 2.71. The van der Waals surface area contributed by atoms with Crippen LogP contribution in [0.5, 0.6) is 0 Å². The number of rotatable bonds is 2. The molecule has 17 heavy (non-hydrogen) atoms. The number of aliphatic carboxylic acids is 1. The van der Waals surface area contributed by atoms with Gasteiger partial charge in [0.2, 0.25) is 0 Å². The third-order valence-corrected chi connectivity index (χ3v) is 3.51. The largest absolute Gasteiger partial charge is 0.481 e. The molecule has 0 aromatic heterocycles. The van der Waals surface area contributed by atoms with Gasteiger partial charge in [-0.3, -0.25) is 4.79 Å². The summed E-state index contributed by atoms with van der Waals surface area (Å²) in [5.74, 6) is -0.762. The predicted octanol–water partition coefficient (Wildman–Crippen LogP) is 1.76. The molecule has 0 radical (unpaired) electrons. The normalized spacial score (nSPS) is 35.0. The van der Waals surface area contributed by atoms with E-state index in [-0.39, 0.29) is 11.5 Å². The molecule has 0 heterocycles. The van der Waals surface area contributed by atoms with Gasteiger partial charge in [0.05, 0.1) is 5.92 Å². The molecule has 2 saturated carbocycles. The quantitative estimate of drug-likeness (QED) is 0.772. The molecule has 2 aliphatic carbocycles. The first-order chi connectivity index (χ1) is 7.72. The summed E-state index contributed by atoms with van der Waals surface area (Å²) in [6.07, 6.45) is 1.65. The van der Waals surface area contributed by atoms with Gasteiger partial charge < -0.3 is 15.2 Å². The van der Waals surface area contributed by atoms with Gasteiger partial charge in [0.25, 0.3) is 0 Å². The summed E-state index contributed by atoms with van der Waals surface area (Å²) in [6.45, 7) is 5.43. The van der Waals surface area contributed by atoms with E-state index >= 15 is 0 Å². The van der Waals surface area contributed by atoms with Crippen LogP contribution in [0.25, 0.3) is 0 Å². The van der Waals surface area contributed by atoms with Crippen molar-refractivity contribution in [2.45, 2.75) is 51.2 Å². The summed E-state index contributed by atoms with van der Waals surface area (Å²) in [4.78, 5) is 22.5. The van der Waals surface area contributed by atoms with Crippen LogP contribution in [-0.2, 0) is 9.53 Å². The van der Waals surface area contributed by atoms with Crippen LogP contribution in [0.15, 0.2) is 0 Å². The Morgan fingerprint density at radius 1 is 1.35 bits per heavy atom. The minimum atomic E-state index is -0.762. The average Bonchev–Trinajstić information content (AvgIpc) is 2.63. The van der Waals surface area contributed by atoms with Crippen molar-refractivity contribution >= 4 is 12.1 Å². The van der Waals surface area contributed by atoms with Crippen LogP contribution in [0.4, 0.5) is 4.79 Å². The van der Waals surface area contributed by atoms with E-state index in [1.807, 2.05) is 20.8 Å². The molecule has 2 rings (SSSR count). The summed E-state index contributed by atoms with van der Waals surface area (Å²) in [5.41, 5.74) is -0.818. The number of fused-ring (bicyclic) bond motifs is 1. The average molecular weight is 241 g/mol. The van der Waals surface area contributed by atoms with Gasteiger partial charge >= 0.3 is 12.1 Å². The molecule has 0 saturated heterocycles. The molecule has 2 N–H and O–H groups in total. The van der Waals surface area contributed by atoms with Crippen LogP contribution in [0.2, 0.25) is 0 Å². The van der Waals surface area contributed by atoms with Crippen molar-refractivity contribution in [2.24, 2.45) is 11.8 Å². The van der Waals surface area contributed by atoms with Crippen molar-refractivity contribution in [3.63, 3.8) is 0 Å². The maximum atomic E-state index is 11.6. The SMILES string of the molecule is CC(C)(C)OC(=O)N[C@@]12C[C@@H](C(=O)O)C[C@@H]1C2. The summed E-state index contributed by atoms with van der Waals surface area (Å²) in [7, 11) is 0. The van der Waals surface area contributed by atoms with Crippen LogP contribution >= 0.6 is 0 Å². The molecule has 0 aromatic carbocycles. The van der Waals surface area contributed by atoms with Crippen LogP contribution in [0, 0.1) is 11.8 Å². The van der Waals surface area contributed by atoms with E-state index in [1.165, 1.54) is 0 Å². The van der Waals surface area contributed by atoms with E-state index in [2.05, 4.69) is 5.32 Å². The third kappa shape index (κ3) is 2.53. The number of nitrogens with one attached hydrogen (secondary N) is 1. The van der Waals surface area contributed by atoms with Crippen molar-refractivity contribution in [2.75, 3.05) is 0 Å². The van der Waals surface area contributed by atoms with Gasteiger partial charge in [0.1, 0.15) is 5.60 Å². The fraction of sp³-hybridized carbons (Fsp3) is 0.833. The van der Waals surface area contributed by atoms with E-state index in [1.54, 1.807) is 0 Å². The molecule has 1 amide bonds. The molecule has 0 unspecified atom stereocenters. The lowest BCUT2D eigenvalue weighted by atomic mass is 10.0. The second-order valence-corrected chi connectivity index (χ2v) is 6.16. The maximum absolute atomic E-state index is 11.6. The van der Waals surface area contributed by atoms with Crippen LogP contribution in [0.1, 0.15) is 40.0 Å². The number of carboxylic acids is 1. The Labute approximate surface area is 101 Å². The Hall–Kier alpha value is -1.26. The van der Waals surface area contributed by atoms with Gasteiger partial charge in [-0.15, -0.1) is 0 Å². The number of hydrogen-bond acceptors (Lipinski definition) is 3. The molecule has 5 nitrogen and oxygen atoms in total. The molecule has 2 fully saturated rings. The second-order valence-electron chi connectivity index (χ2n) is 6.16. The highest BCUT2D eigenvalue weighted by Crippen LogP contribution is 2.58. The summed E-state index contributed by atoms with van der Waals surface area (Å²) in [5, 5.41) is 11.8. The number of carbonyl (C=O) groups excluding carboxylic acids is 1. The first kappa shape index (κ1) is 12.2. The Morgan fingerprint density at radius 3 is 2.47 bits per heavy atom. The Kier molecular flexibility index (Phi) is 2.60. The number of hydrogen-bond donors (Lipinski definition) is 2. The van der Waals surface area contributed by atoms with Gasteiger partial charge in [-0.05, 0) is 46.0 Å². The highest BCUT2D eigenvalue weighted by atomic mass is 16.6. The lowest BCUT2D eigenvalue weighted by molar-refractivity contribution is -0.141. The monoisotopic (exact) mass is 241 g/mol. The summed E-state index contributed by atoms with van der Waals surface area (Å²) in [6, 6.07) is 0. The summed E-state index contributed by atoms with van der Waals surface area (Å²) < 4.78 is 5.19. The molecule has 3 atom stereocenters. The van der Waals surface area contributed by atoms with E-state index in [9.17, 15) is 9.59 Å². The highest BCUT2D eigenvalue weighted by Gasteiger charge is 2.62. The van der Waals surface area contributed by atoms with Gasteiger partial charge in [-0.1, -0.05) is 0 Å². The third-order valence-electron chi connectivity index (χ3n) is 3.51. The lowest BCUT2D eigenvalue weighted by Gasteiger charge is -2.23. The first-order valence-corrected chi connectivity index (χ1v) is 5.96. The number of ether oxygens (including phenoxy) is 1. The molecule has 0 aromatic rings. The molecule has 0 aliphatic heterocycles. The smallest absolute Gasteiger partial charge is 0.408 e. The van der Waals surface area contributed by atoms with Crippen LogP contribution < -0.4 is 5.32 Å². The topological polar surface area (TPSA) is 75.6 Å². The molecule has 0 bridgehead atoms. The van der Waals surface area contributed by atoms with E-state index in [0.717, 1.165) is 6.42 Å². The minimum Gasteiger partial charge on any atom is -0.481 e. The van der Waals surface area contributed by atoms with E-state index in [4.69, 9.17) is 9.84 Å². The molecule has 5 heteroatoms. The van der Waals surface area contributed by atoms with Gasteiger partial charge in [-0.2, -0.15) is 0 Å². The number of carbonyl (C=O) groups is 2. The van der Waals surface area contributed by atoms with E-state index < -0.39 is 17.7 Å². The maximum Gasteiger partial charge on any atom is 0.408 e. The molecular weight excluding hydrogens is 222 g/mol. The predicted molar refractivity (Wildman–Crippen MR) is 60.6 cm³/mol. The number of carboxylic acid groups (broad SMARTS) is 1. The van der Waals surface area contributed by atoms with Crippen molar-refractivity contribution in [3.8, 4) is 0 Å². The molecule has 2 aliphatic rings. The Balaban J connectivity index is 1.89. The second kappa shape index (κ2) is 3.62. The van der Waals surface area contributed by atoms with Crippen molar-refractivity contribution in [1.29, 1.82) is 0 Å². The van der Waals surface area contributed by atoms with Gasteiger partial charge in [0.15, 0.2) is 0 Å². The zero-order valence-corrected chi connectivity index (χ0v) is 10.4. The van der Waals surface area contributed by atoms with Crippen molar-refractivity contribution in [1.82, 2.24) is 5.32 Å². The Morgan fingerprint density at radius 2 is 2.00 bits per heavy atom. The van der Waals surface area contributed by atoms with E-state index in [0.29, 0.717) is 18.8 Å². The standard InChI is InChI=1S/C12H19NO4/c1-11(2,3)17-10(16)13-12-5-7(9(14)15)4-8(12)6-12/h7-8H,4-6H2,1-3H3,(H,13,16)(H,14,15)/t7-,8+,12+/m0/s1. The van der Waals surface area contributed by atoms with Crippen LogP contribution in [0.3, 0.4) is 0 Å².